The van der Waals surface area contributed by atoms with Gasteiger partial charge in [0.2, 0.25) is 29.5 Å². The molecular formula is C52H73F2N5O15. The minimum Gasteiger partial charge on any atom is -0.390 e. The van der Waals surface area contributed by atoms with E-state index in [-0.39, 0.29) is 50.9 Å². The summed E-state index contributed by atoms with van der Waals surface area (Å²) in [7, 11) is 0. The summed E-state index contributed by atoms with van der Waals surface area (Å²) in [6.07, 6.45) is -0.561. The number of hydrogen-bond donors (Lipinski definition) is 6. The number of ketones is 2. The molecule has 4 aliphatic carbocycles. The van der Waals surface area contributed by atoms with Crippen LogP contribution < -0.4 is 26.6 Å². The molecule has 0 radical (unpaired) electrons. The van der Waals surface area contributed by atoms with Gasteiger partial charge in [0.25, 0.3) is 0 Å². The van der Waals surface area contributed by atoms with Crippen LogP contribution in [0.25, 0.3) is 0 Å². The summed E-state index contributed by atoms with van der Waals surface area (Å²) in [5, 5.41) is 24.3. The van der Waals surface area contributed by atoms with Crippen LogP contribution >= 0.6 is 0 Å². The standard InChI is InChI=1S/C52H73F2N5O15/c1-5-10-47-73-42-26-35-36-25-38(53)37-24-34(60)13-15-49(37,3)51(36,54)40(61)27-50(35,4)52(42,74-47)41(62)31-72-32-58-45(65)29-57-48(67)39(23-33-11-8-7-9-12-33)59-46(66)30-56-44(64)28-55-43(63)14-16-69-19-20-71-22-21-70-18-17-68-6-2/h7-9,11-13,15,24,35-36,38-40,42,47,61H,5-6,10,14,16-23,25-32H2,1-4H3,(H,55,63)(H,56,64)(H,57,67)(H,58,65)(H,59,66)/t35?,36?,38-,39-,40?,42?,47?,49?,50?,51?,52?/m0/s1. The van der Waals surface area contributed by atoms with E-state index in [1.165, 1.54) is 19.1 Å². The van der Waals surface area contributed by atoms with Crippen molar-refractivity contribution in [3.63, 3.8) is 0 Å². The van der Waals surface area contributed by atoms with Gasteiger partial charge in [-0.3, -0.25) is 33.6 Å². The number of aliphatic hydroxyl groups excluding tert-OH is 1. The largest absolute Gasteiger partial charge is 0.390 e. The summed E-state index contributed by atoms with van der Waals surface area (Å²) in [4.78, 5) is 90.8. The number of fused-ring (bicyclic) bond motifs is 7. The Kier molecular flexibility index (Phi) is 20.9. The Morgan fingerprint density at radius 2 is 1.43 bits per heavy atom. The zero-order valence-electron chi connectivity index (χ0n) is 42.7. The highest BCUT2D eigenvalue weighted by Crippen LogP contribution is 2.72. The molecule has 6 N–H and O–H groups in total. The number of carbonyl (C=O) groups excluding carboxylic acids is 7. The van der Waals surface area contributed by atoms with Crippen LogP contribution in [0.1, 0.15) is 71.8 Å². The zero-order chi connectivity index (χ0) is 53.5. The lowest BCUT2D eigenvalue weighted by Gasteiger charge is -2.63. The highest BCUT2D eigenvalue weighted by atomic mass is 19.1. The van der Waals surface area contributed by atoms with Crippen LogP contribution in [0, 0.1) is 22.7 Å². The molecular weight excluding hydrogens is 973 g/mol. The van der Waals surface area contributed by atoms with E-state index in [2.05, 4.69) is 26.6 Å². The third-order valence-corrected chi connectivity index (χ3v) is 15.0. The number of alkyl halides is 2. The van der Waals surface area contributed by atoms with Crippen LogP contribution in [0.4, 0.5) is 8.78 Å². The van der Waals surface area contributed by atoms with Gasteiger partial charge >= 0.3 is 0 Å². The highest BCUT2D eigenvalue weighted by Gasteiger charge is 2.80. The van der Waals surface area contributed by atoms with Crippen LogP contribution in [0.5, 0.6) is 0 Å². The molecule has 0 spiro atoms. The van der Waals surface area contributed by atoms with Crippen molar-refractivity contribution < 1.29 is 80.6 Å². The average molecular weight is 1050 g/mol. The fraction of sp³-hybridized carbons (Fsp3) is 0.673. The second-order valence-corrected chi connectivity index (χ2v) is 19.7. The molecule has 9 unspecified atom stereocenters. The minimum atomic E-state index is -2.37. The van der Waals surface area contributed by atoms with E-state index in [0.717, 1.165) is 6.08 Å². The number of rotatable bonds is 30. The average Bonchev–Trinajstić information content (AvgIpc) is 3.86. The molecule has 4 fully saturated rings. The van der Waals surface area contributed by atoms with E-state index >= 15 is 8.78 Å². The van der Waals surface area contributed by atoms with Crippen molar-refractivity contribution in [3.8, 4) is 0 Å². The lowest BCUT2D eigenvalue weighted by molar-refractivity contribution is -0.235. The van der Waals surface area contributed by atoms with E-state index < -0.39 is 139 Å². The first-order valence-corrected chi connectivity index (χ1v) is 25.6. The van der Waals surface area contributed by atoms with Gasteiger partial charge in [0.1, 0.15) is 25.6 Å². The Morgan fingerprint density at radius 1 is 0.797 bits per heavy atom. The summed E-state index contributed by atoms with van der Waals surface area (Å²) in [5.74, 6) is -5.97. The van der Waals surface area contributed by atoms with Crippen molar-refractivity contribution in [2.75, 3.05) is 85.8 Å². The van der Waals surface area contributed by atoms with Crippen molar-refractivity contribution in [2.24, 2.45) is 22.7 Å². The molecule has 6 rings (SSSR count). The normalized spacial score (nSPS) is 29.9. The summed E-state index contributed by atoms with van der Waals surface area (Å²) in [5.41, 5.74) is -6.24. The van der Waals surface area contributed by atoms with Crippen molar-refractivity contribution >= 4 is 41.1 Å². The molecule has 1 aromatic rings. The lowest BCUT2D eigenvalue weighted by Crippen LogP contribution is -2.71. The number of halogens is 2. The number of carbonyl (C=O) groups is 7. The number of nitrogens with one attached hydrogen (secondary N) is 5. The fourth-order valence-electron chi connectivity index (χ4n) is 11.4. The lowest BCUT2D eigenvalue weighted by atomic mass is 9.44. The quantitative estimate of drug-likeness (QED) is 0.0470. The molecule has 1 saturated heterocycles. The molecule has 1 aliphatic heterocycles. The van der Waals surface area contributed by atoms with E-state index in [9.17, 15) is 38.7 Å². The number of aliphatic hydroxyl groups is 1. The van der Waals surface area contributed by atoms with Crippen LogP contribution in [0.2, 0.25) is 0 Å². The summed E-state index contributed by atoms with van der Waals surface area (Å²) >= 11 is 0. The van der Waals surface area contributed by atoms with Crippen molar-refractivity contribution in [3.05, 3.63) is 59.7 Å². The Morgan fingerprint density at radius 3 is 2.12 bits per heavy atom. The molecule has 3 saturated carbocycles. The molecule has 22 heteroatoms. The maximum Gasteiger partial charge on any atom is 0.243 e. The highest BCUT2D eigenvalue weighted by molar-refractivity contribution is 6.01. The topological polar surface area (TPSA) is 264 Å². The predicted molar refractivity (Wildman–Crippen MR) is 260 cm³/mol. The number of ether oxygens (including phenoxy) is 7. The van der Waals surface area contributed by atoms with Gasteiger partial charge in [-0.1, -0.05) is 56.7 Å². The maximum absolute atomic E-state index is 17.8. The maximum atomic E-state index is 17.8. The molecule has 74 heavy (non-hydrogen) atoms. The van der Waals surface area contributed by atoms with E-state index in [0.29, 0.717) is 58.0 Å². The van der Waals surface area contributed by atoms with Gasteiger partial charge in [0, 0.05) is 36.2 Å². The summed E-state index contributed by atoms with van der Waals surface area (Å²) < 4.78 is 73.7. The van der Waals surface area contributed by atoms with Crippen LogP contribution in [0.15, 0.2) is 54.1 Å². The molecule has 20 nitrogen and oxygen atoms in total. The van der Waals surface area contributed by atoms with Gasteiger partial charge in [0.05, 0.1) is 78.1 Å². The van der Waals surface area contributed by atoms with Gasteiger partial charge in [-0.25, -0.2) is 8.78 Å². The van der Waals surface area contributed by atoms with Crippen molar-refractivity contribution in [2.45, 2.75) is 115 Å². The number of allylic oxidation sites excluding steroid dienone is 4. The van der Waals surface area contributed by atoms with E-state index in [1.807, 2.05) is 13.8 Å². The first kappa shape index (κ1) is 58.2. The van der Waals surface area contributed by atoms with Gasteiger partial charge in [-0.15, -0.1) is 0 Å². The molecule has 0 bridgehead atoms. The Hall–Kier alpha value is -5.07. The van der Waals surface area contributed by atoms with Crippen molar-refractivity contribution in [1.29, 1.82) is 0 Å². The number of benzene rings is 1. The SMILES string of the molecule is CCCC1OC2CC3C4C[C@H](F)C5=CC(=O)C=CC5(C)C4(F)C(O)CC3(C)C2(C(=O)COCNC(=O)CNC(=O)[C@H](Cc2ccccc2)NC(=O)CNC(=O)CNC(=O)CCOCCOCCOCCOCC)O1. The van der Waals surface area contributed by atoms with Crippen LogP contribution in [-0.4, -0.2) is 174 Å². The second-order valence-electron chi connectivity index (χ2n) is 19.7. The molecule has 0 aromatic heterocycles. The first-order chi connectivity index (χ1) is 35.4. The third kappa shape index (κ3) is 13.3. The van der Waals surface area contributed by atoms with E-state index in [4.69, 9.17) is 33.2 Å². The molecule has 1 aromatic carbocycles. The first-order valence-electron chi connectivity index (χ1n) is 25.6. The number of amides is 5. The summed E-state index contributed by atoms with van der Waals surface area (Å²) in [6.45, 7) is 7.70. The fourth-order valence-corrected chi connectivity index (χ4v) is 11.4. The smallest absolute Gasteiger partial charge is 0.243 e. The Balaban J connectivity index is 0.942. The van der Waals surface area contributed by atoms with Gasteiger partial charge in [-0.2, -0.15) is 0 Å². The monoisotopic (exact) mass is 1050 g/mol. The van der Waals surface area contributed by atoms with Gasteiger partial charge in [0.15, 0.2) is 29.1 Å². The van der Waals surface area contributed by atoms with Crippen molar-refractivity contribution in [1.82, 2.24) is 26.6 Å². The minimum absolute atomic E-state index is 0.00718. The van der Waals surface area contributed by atoms with E-state index in [1.54, 1.807) is 37.3 Å². The second kappa shape index (κ2) is 26.6. The predicted octanol–water partition coefficient (Wildman–Crippen LogP) is 1.41. The molecule has 1 heterocycles. The van der Waals surface area contributed by atoms with Gasteiger partial charge < -0.3 is 64.8 Å². The van der Waals surface area contributed by atoms with Crippen LogP contribution in [-0.2, 0) is 73.1 Å². The third-order valence-electron chi connectivity index (χ3n) is 15.0. The molecule has 11 atom stereocenters. The summed E-state index contributed by atoms with van der Waals surface area (Å²) in [6, 6.07) is 7.60. The Bertz CT molecular complexity index is 2210. The zero-order valence-corrected chi connectivity index (χ0v) is 42.7. The molecule has 5 aliphatic rings. The Labute approximate surface area is 430 Å². The number of Topliss-reactive ketones (excluding diaryl/α,β-unsaturated/α-hetero) is 1. The number of hydrogen-bond acceptors (Lipinski definition) is 15. The molecule has 410 valence electrons. The van der Waals surface area contributed by atoms with Crippen LogP contribution in [0.3, 0.4) is 0 Å². The molecule has 5 amide bonds. The van der Waals surface area contributed by atoms with Gasteiger partial charge in [-0.05, 0) is 68.7 Å².